The first-order valence-electron chi connectivity index (χ1n) is 7.55. The second-order valence-corrected chi connectivity index (χ2v) is 6.60. The van der Waals surface area contributed by atoms with E-state index >= 15 is 0 Å². The Morgan fingerprint density at radius 1 is 1.15 bits per heavy atom. The Bertz CT molecular complexity index is 1100. The molecule has 0 fully saturated rings. The Kier molecular flexibility index (Phi) is 6.01. The summed E-state index contributed by atoms with van der Waals surface area (Å²) in [5.74, 6) is -0.224. The van der Waals surface area contributed by atoms with E-state index < -0.39 is 5.91 Å². The molecular formula is C18H11Cl3N2O4. The average molecular weight is 426 g/mol. The van der Waals surface area contributed by atoms with Crippen molar-refractivity contribution in [3.8, 4) is 5.75 Å². The molecule has 0 bridgehead atoms. The Hall–Kier alpha value is -2.54. The highest BCUT2D eigenvalue weighted by Gasteiger charge is 2.08. The molecule has 0 aliphatic rings. The van der Waals surface area contributed by atoms with Crippen LogP contribution < -0.4 is 15.6 Å². The number of fused-ring (bicyclic) bond motifs is 1. The largest absolute Gasteiger partial charge is 0.482 e. The number of benzene rings is 2. The van der Waals surface area contributed by atoms with Gasteiger partial charge in [0, 0.05) is 10.0 Å². The molecule has 6 nitrogen and oxygen atoms in total. The molecule has 0 radical (unpaired) electrons. The predicted molar refractivity (Wildman–Crippen MR) is 105 cm³/mol. The van der Waals surface area contributed by atoms with Gasteiger partial charge in [0.25, 0.3) is 5.91 Å². The van der Waals surface area contributed by atoms with E-state index in [2.05, 4.69) is 10.5 Å². The van der Waals surface area contributed by atoms with Gasteiger partial charge < -0.3 is 9.15 Å². The molecule has 1 aromatic heterocycles. The van der Waals surface area contributed by atoms with Gasteiger partial charge in [-0.05, 0) is 36.4 Å². The summed E-state index contributed by atoms with van der Waals surface area (Å²) < 4.78 is 10.6. The fraction of sp³-hybridized carbons (Fsp3) is 0.0556. The molecule has 0 unspecified atom stereocenters. The van der Waals surface area contributed by atoms with E-state index in [-0.39, 0.29) is 22.6 Å². The zero-order chi connectivity index (χ0) is 19.4. The number of carbonyl (C=O) groups excluding carboxylic acids is 1. The number of ether oxygens (including phenoxy) is 1. The summed E-state index contributed by atoms with van der Waals surface area (Å²) in [6.45, 7) is -0.319. The molecule has 1 N–H and O–H groups in total. The number of rotatable bonds is 5. The molecule has 9 heteroatoms. The summed E-state index contributed by atoms with van der Waals surface area (Å²) in [7, 11) is 0. The third kappa shape index (κ3) is 4.80. The maximum Gasteiger partial charge on any atom is 0.277 e. The van der Waals surface area contributed by atoms with Crippen LogP contribution in [0.2, 0.25) is 15.1 Å². The molecule has 138 valence electrons. The molecule has 0 saturated heterocycles. The van der Waals surface area contributed by atoms with Crippen LogP contribution >= 0.6 is 34.8 Å². The number of hydrogen-bond acceptors (Lipinski definition) is 5. The molecule has 27 heavy (non-hydrogen) atoms. The van der Waals surface area contributed by atoms with Gasteiger partial charge in [-0.2, -0.15) is 5.10 Å². The Balaban J connectivity index is 1.63. The summed E-state index contributed by atoms with van der Waals surface area (Å²) in [5, 5.41) is 5.20. The van der Waals surface area contributed by atoms with Crippen molar-refractivity contribution in [1.29, 1.82) is 0 Å². The lowest BCUT2D eigenvalue weighted by molar-refractivity contribution is -0.123. The first-order valence-corrected chi connectivity index (χ1v) is 8.68. The lowest BCUT2D eigenvalue weighted by Crippen LogP contribution is -2.25. The fourth-order valence-corrected chi connectivity index (χ4v) is 2.78. The topological polar surface area (TPSA) is 80.9 Å². The van der Waals surface area contributed by atoms with Crippen molar-refractivity contribution in [1.82, 2.24) is 5.43 Å². The van der Waals surface area contributed by atoms with Crippen LogP contribution in [0.25, 0.3) is 11.0 Å². The molecule has 2 aromatic carbocycles. The Morgan fingerprint density at radius 3 is 2.67 bits per heavy atom. The normalized spacial score (nSPS) is 11.1. The zero-order valence-corrected chi connectivity index (χ0v) is 15.8. The second kappa shape index (κ2) is 8.43. The number of nitrogens with one attached hydrogen (secondary N) is 1. The van der Waals surface area contributed by atoms with E-state index in [1.807, 2.05) is 0 Å². The third-order valence-electron chi connectivity index (χ3n) is 3.41. The molecule has 0 atom stereocenters. The lowest BCUT2D eigenvalue weighted by Gasteiger charge is -2.06. The monoisotopic (exact) mass is 424 g/mol. The summed E-state index contributed by atoms with van der Waals surface area (Å²) in [4.78, 5) is 24.1. The van der Waals surface area contributed by atoms with Crippen LogP contribution in [-0.4, -0.2) is 18.7 Å². The molecule has 0 saturated carbocycles. The molecule has 3 aromatic rings. The minimum Gasteiger partial charge on any atom is -0.482 e. The van der Waals surface area contributed by atoms with Crippen LogP contribution in [0.3, 0.4) is 0 Å². The first-order chi connectivity index (χ1) is 12.9. The van der Waals surface area contributed by atoms with Gasteiger partial charge in [0.15, 0.2) is 6.61 Å². The van der Waals surface area contributed by atoms with Crippen molar-refractivity contribution in [2.24, 2.45) is 5.10 Å². The van der Waals surface area contributed by atoms with E-state index in [0.29, 0.717) is 26.8 Å². The highest BCUT2D eigenvalue weighted by Crippen LogP contribution is 2.27. The van der Waals surface area contributed by atoms with Crippen molar-refractivity contribution in [2.45, 2.75) is 0 Å². The fourth-order valence-electron chi connectivity index (χ4n) is 2.15. The number of amides is 1. The predicted octanol–water partition coefficient (Wildman–Crippen LogP) is 4.28. The minimum atomic E-state index is -0.537. The van der Waals surface area contributed by atoms with E-state index in [0.717, 1.165) is 0 Å². The van der Waals surface area contributed by atoms with Crippen molar-refractivity contribution in [3.05, 3.63) is 73.5 Å². The van der Waals surface area contributed by atoms with Crippen LogP contribution in [0.1, 0.15) is 5.56 Å². The van der Waals surface area contributed by atoms with Crippen LogP contribution in [0.4, 0.5) is 0 Å². The maximum absolute atomic E-state index is 12.4. The van der Waals surface area contributed by atoms with Crippen LogP contribution in [0.15, 0.2) is 57.0 Å². The second-order valence-electron chi connectivity index (χ2n) is 5.32. The number of nitrogens with zero attached hydrogens (tertiary/aromatic N) is 1. The molecule has 1 heterocycles. The van der Waals surface area contributed by atoms with Gasteiger partial charge in [-0.1, -0.05) is 34.8 Å². The summed E-state index contributed by atoms with van der Waals surface area (Å²) in [6.07, 6.45) is 2.43. The highest BCUT2D eigenvalue weighted by atomic mass is 35.5. The van der Waals surface area contributed by atoms with Gasteiger partial charge >= 0.3 is 0 Å². The van der Waals surface area contributed by atoms with Gasteiger partial charge in [-0.25, -0.2) is 5.43 Å². The summed E-state index contributed by atoms with van der Waals surface area (Å²) in [5.41, 5.74) is 2.49. The number of hydrazone groups is 1. The first kappa shape index (κ1) is 19.2. The standard InChI is InChI=1S/C18H11Cl3N2O4/c19-11-1-3-15-13(5-11)18(25)10(8-26-15)7-22-23-17(24)9-27-16-4-2-12(20)6-14(16)21/h1-8H,9H2,(H,23,24)/b22-7+. The van der Waals surface area contributed by atoms with Gasteiger partial charge in [0.05, 0.1) is 22.2 Å². The van der Waals surface area contributed by atoms with Crippen molar-refractivity contribution in [3.63, 3.8) is 0 Å². The maximum atomic E-state index is 12.4. The molecule has 1 amide bonds. The number of hydrogen-bond donors (Lipinski definition) is 1. The Labute approximate surface area is 168 Å². The highest BCUT2D eigenvalue weighted by molar-refractivity contribution is 6.35. The number of halogens is 3. The van der Waals surface area contributed by atoms with Crippen LogP contribution in [0.5, 0.6) is 5.75 Å². The van der Waals surface area contributed by atoms with Crippen molar-refractivity contribution >= 4 is 57.9 Å². The molecule has 0 spiro atoms. The van der Waals surface area contributed by atoms with E-state index in [4.69, 9.17) is 44.0 Å². The molecule has 0 aliphatic heterocycles. The third-order valence-corrected chi connectivity index (χ3v) is 4.17. The Morgan fingerprint density at radius 2 is 1.89 bits per heavy atom. The minimum absolute atomic E-state index is 0.159. The van der Waals surface area contributed by atoms with Crippen LogP contribution in [0, 0.1) is 0 Å². The summed E-state index contributed by atoms with van der Waals surface area (Å²) >= 11 is 17.6. The average Bonchev–Trinajstić information content (AvgIpc) is 2.63. The van der Waals surface area contributed by atoms with Crippen LogP contribution in [-0.2, 0) is 4.79 Å². The van der Waals surface area contributed by atoms with Gasteiger partial charge in [0.2, 0.25) is 5.43 Å². The molecular weight excluding hydrogens is 415 g/mol. The smallest absolute Gasteiger partial charge is 0.277 e. The molecule has 3 rings (SSSR count). The van der Waals surface area contributed by atoms with Crippen molar-refractivity contribution < 1.29 is 13.9 Å². The van der Waals surface area contributed by atoms with E-state index in [1.54, 1.807) is 24.3 Å². The zero-order valence-electron chi connectivity index (χ0n) is 13.5. The quantitative estimate of drug-likeness (QED) is 0.488. The van der Waals surface area contributed by atoms with E-state index in [1.165, 1.54) is 24.6 Å². The number of carbonyl (C=O) groups is 1. The SMILES string of the molecule is O=C(COc1ccc(Cl)cc1Cl)N/N=C/c1coc2ccc(Cl)cc2c1=O. The van der Waals surface area contributed by atoms with Gasteiger partial charge in [-0.15, -0.1) is 0 Å². The van der Waals surface area contributed by atoms with Gasteiger partial charge in [-0.3, -0.25) is 9.59 Å². The van der Waals surface area contributed by atoms with E-state index in [9.17, 15) is 9.59 Å². The van der Waals surface area contributed by atoms with Gasteiger partial charge in [0.1, 0.15) is 17.6 Å². The lowest BCUT2D eigenvalue weighted by atomic mass is 10.2. The molecule has 0 aliphatic carbocycles. The van der Waals surface area contributed by atoms with Crippen molar-refractivity contribution in [2.75, 3.05) is 6.61 Å². The summed E-state index contributed by atoms with van der Waals surface area (Å²) in [6, 6.07) is 9.35.